The second-order valence-electron chi connectivity index (χ2n) is 6.20. The monoisotopic (exact) mass is 353 g/mol. The summed E-state index contributed by atoms with van der Waals surface area (Å²) in [6.45, 7) is 3.97. The minimum absolute atomic E-state index is 0.0405. The second kappa shape index (κ2) is 9.36. The topological polar surface area (TPSA) is 79.8 Å². The Bertz CT molecular complexity index is 766. The largest absolute Gasteiger partial charge is 0.497 e. The number of hydrogen-bond acceptors (Lipinski definition) is 4. The normalized spacial score (nSPS) is 10.8. The molecule has 0 atom stereocenters. The van der Waals surface area contributed by atoms with Gasteiger partial charge in [0.15, 0.2) is 0 Å². The summed E-state index contributed by atoms with van der Waals surface area (Å²) in [4.78, 5) is 23.8. The maximum Gasteiger partial charge on any atom is 0.271 e. The molecule has 26 heavy (non-hydrogen) atoms. The van der Waals surface area contributed by atoms with Crippen molar-refractivity contribution in [2.24, 2.45) is 11.0 Å². The van der Waals surface area contributed by atoms with Crippen LogP contribution in [0.5, 0.6) is 5.75 Å². The molecule has 0 fully saturated rings. The number of carbonyl (C=O) groups excluding carboxylic acids is 2. The third-order valence-corrected chi connectivity index (χ3v) is 3.52. The predicted octanol–water partition coefficient (Wildman–Crippen LogP) is 3.44. The zero-order valence-corrected chi connectivity index (χ0v) is 15.2. The van der Waals surface area contributed by atoms with E-state index in [9.17, 15) is 9.59 Å². The van der Waals surface area contributed by atoms with Gasteiger partial charge in [-0.25, -0.2) is 5.43 Å². The number of nitrogens with zero attached hydrogens (tertiary/aromatic N) is 1. The molecule has 0 aromatic heterocycles. The van der Waals surface area contributed by atoms with E-state index in [1.807, 2.05) is 38.1 Å². The van der Waals surface area contributed by atoms with Crippen LogP contribution in [-0.4, -0.2) is 25.1 Å². The summed E-state index contributed by atoms with van der Waals surface area (Å²) < 4.78 is 5.08. The Balaban J connectivity index is 1.88. The molecule has 0 heterocycles. The molecule has 0 aliphatic rings. The SMILES string of the molecule is COc1ccc(C=NNC(=O)c2ccc(NC(=O)CC(C)C)cc2)cc1. The number of carbonyl (C=O) groups is 2. The summed E-state index contributed by atoms with van der Waals surface area (Å²) in [5.41, 5.74) is 4.43. The molecule has 2 aromatic rings. The lowest BCUT2D eigenvalue weighted by molar-refractivity contribution is -0.116. The molecule has 2 amide bonds. The minimum atomic E-state index is -0.324. The summed E-state index contributed by atoms with van der Waals surface area (Å²) in [5, 5.41) is 6.74. The predicted molar refractivity (Wildman–Crippen MR) is 103 cm³/mol. The van der Waals surface area contributed by atoms with Gasteiger partial charge in [-0.15, -0.1) is 0 Å². The highest BCUT2D eigenvalue weighted by molar-refractivity contribution is 5.96. The summed E-state index contributed by atoms with van der Waals surface area (Å²) in [6, 6.07) is 14.0. The Morgan fingerprint density at radius 3 is 2.31 bits per heavy atom. The number of nitrogens with one attached hydrogen (secondary N) is 2. The molecule has 136 valence electrons. The van der Waals surface area contributed by atoms with Crippen molar-refractivity contribution in [3.63, 3.8) is 0 Å². The summed E-state index contributed by atoms with van der Waals surface area (Å²) in [7, 11) is 1.60. The molecular weight excluding hydrogens is 330 g/mol. The first-order chi connectivity index (χ1) is 12.5. The lowest BCUT2D eigenvalue weighted by Gasteiger charge is -2.07. The number of rotatable bonds is 7. The van der Waals surface area contributed by atoms with E-state index in [-0.39, 0.29) is 11.8 Å². The zero-order valence-electron chi connectivity index (χ0n) is 15.2. The van der Waals surface area contributed by atoms with E-state index >= 15 is 0 Å². The van der Waals surface area contributed by atoms with Crippen molar-refractivity contribution in [2.45, 2.75) is 20.3 Å². The third-order valence-electron chi connectivity index (χ3n) is 3.52. The maximum absolute atomic E-state index is 12.1. The van der Waals surface area contributed by atoms with Crippen molar-refractivity contribution < 1.29 is 14.3 Å². The molecule has 2 aromatic carbocycles. The molecule has 6 nitrogen and oxygen atoms in total. The van der Waals surface area contributed by atoms with Crippen molar-refractivity contribution in [1.29, 1.82) is 0 Å². The Morgan fingerprint density at radius 1 is 1.08 bits per heavy atom. The molecule has 0 bridgehead atoms. The fourth-order valence-electron chi connectivity index (χ4n) is 2.21. The molecule has 0 saturated carbocycles. The van der Waals surface area contributed by atoms with Crippen molar-refractivity contribution in [3.8, 4) is 5.75 Å². The van der Waals surface area contributed by atoms with Crippen LogP contribution in [-0.2, 0) is 4.79 Å². The van der Waals surface area contributed by atoms with Gasteiger partial charge in [-0.1, -0.05) is 13.8 Å². The Kier molecular flexibility index (Phi) is 6.91. The summed E-state index contributed by atoms with van der Waals surface area (Å²) >= 11 is 0. The first kappa shape index (κ1) is 19.2. The molecule has 2 rings (SSSR count). The lowest BCUT2D eigenvalue weighted by Crippen LogP contribution is -2.18. The van der Waals surface area contributed by atoms with Gasteiger partial charge in [0.2, 0.25) is 5.91 Å². The van der Waals surface area contributed by atoms with Gasteiger partial charge >= 0.3 is 0 Å². The van der Waals surface area contributed by atoms with Crippen molar-refractivity contribution in [3.05, 3.63) is 59.7 Å². The zero-order chi connectivity index (χ0) is 18.9. The number of amides is 2. The van der Waals surface area contributed by atoms with Crippen LogP contribution in [0, 0.1) is 5.92 Å². The van der Waals surface area contributed by atoms with Crippen LogP contribution in [0.2, 0.25) is 0 Å². The molecule has 0 spiro atoms. The smallest absolute Gasteiger partial charge is 0.271 e. The number of benzene rings is 2. The Hall–Kier alpha value is -3.15. The number of ether oxygens (including phenoxy) is 1. The highest BCUT2D eigenvalue weighted by atomic mass is 16.5. The van der Waals surface area contributed by atoms with Gasteiger partial charge in [0, 0.05) is 17.7 Å². The van der Waals surface area contributed by atoms with Gasteiger partial charge in [0.05, 0.1) is 13.3 Å². The first-order valence-electron chi connectivity index (χ1n) is 8.35. The Labute approximate surface area is 153 Å². The number of methoxy groups -OCH3 is 1. The third kappa shape index (κ3) is 6.05. The molecule has 0 aliphatic heterocycles. The van der Waals surface area contributed by atoms with Crippen LogP contribution < -0.4 is 15.5 Å². The fraction of sp³-hybridized carbons (Fsp3) is 0.250. The van der Waals surface area contributed by atoms with Crippen LogP contribution in [0.25, 0.3) is 0 Å². The maximum atomic E-state index is 12.1. The fourth-order valence-corrected chi connectivity index (χ4v) is 2.21. The van der Waals surface area contributed by atoms with Crippen LogP contribution >= 0.6 is 0 Å². The minimum Gasteiger partial charge on any atom is -0.497 e. The quantitative estimate of drug-likeness (QED) is 0.591. The molecule has 2 N–H and O–H groups in total. The van der Waals surface area contributed by atoms with Gasteiger partial charge in [-0.3, -0.25) is 9.59 Å². The van der Waals surface area contributed by atoms with Gasteiger partial charge in [0.25, 0.3) is 5.91 Å². The summed E-state index contributed by atoms with van der Waals surface area (Å²) in [6.07, 6.45) is 2.01. The van der Waals surface area contributed by atoms with Crippen molar-refractivity contribution in [2.75, 3.05) is 12.4 Å². The number of hydrogen-bond donors (Lipinski definition) is 2. The van der Waals surface area contributed by atoms with Crippen LogP contribution in [0.15, 0.2) is 53.6 Å². The first-order valence-corrected chi connectivity index (χ1v) is 8.35. The average Bonchev–Trinajstić information content (AvgIpc) is 2.62. The molecular formula is C20H23N3O3. The number of hydrazone groups is 1. The highest BCUT2D eigenvalue weighted by Crippen LogP contribution is 2.12. The molecule has 0 unspecified atom stereocenters. The van der Waals surface area contributed by atoms with Gasteiger partial charge in [-0.2, -0.15) is 5.10 Å². The van der Waals surface area contributed by atoms with Gasteiger partial charge < -0.3 is 10.1 Å². The van der Waals surface area contributed by atoms with Crippen molar-refractivity contribution in [1.82, 2.24) is 5.43 Å². The number of anilines is 1. The van der Waals surface area contributed by atoms with E-state index in [0.29, 0.717) is 23.6 Å². The van der Waals surface area contributed by atoms with E-state index in [1.165, 1.54) is 0 Å². The average molecular weight is 353 g/mol. The van der Waals surface area contributed by atoms with Gasteiger partial charge in [-0.05, 0) is 60.0 Å². The van der Waals surface area contributed by atoms with E-state index in [2.05, 4.69) is 15.8 Å². The van der Waals surface area contributed by atoms with E-state index in [0.717, 1.165) is 11.3 Å². The van der Waals surface area contributed by atoms with Gasteiger partial charge in [0.1, 0.15) is 5.75 Å². The second-order valence-corrected chi connectivity index (χ2v) is 6.20. The molecule has 0 saturated heterocycles. The van der Waals surface area contributed by atoms with E-state index < -0.39 is 0 Å². The Morgan fingerprint density at radius 2 is 1.73 bits per heavy atom. The molecule has 0 aliphatic carbocycles. The summed E-state index contributed by atoms with van der Waals surface area (Å²) in [5.74, 6) is 0.687. The van der Waals surface area contributed by atoms with Crippen LogP contribution in [0.4, 0.5) is 5.69 Å². The van der Waals surface area contributed by atoms with E-state index in [1.54, 1.807) is 37.6 Å². The molecule has 6 heteroatoms. The highest BCUT2D eigenvalue weighted by Gasteiger charge is 2.07. The molecule has 0 radical (unpaired) electrons. The van der Waals surface area contributed by atoms with E-state index in [4.69, 9.17) is 4.74 Å². The van der Waals surface area contributed by atoms with Crippen LogP contribution in [0.1, 0.15) is 36.2 Å². The standard InChI is InChI=1S/C20H23N3O3/c1-14(2)12-19(24)22-17-8-6-16(7-9-17)20(25)23-21-13-15-4-10-18(26-3)11-5-15/h4-11,13-14H,12H2,1-3H3,(H,22,24)(H,23,25). The van der Waals surface area contributed by atoms with Crippen LogP contribution in [0.3, 0.4) is 0 Å². The van der Waals surface area contributed by atoms with Crippen molar-refractivity contribution >= 4 is 23.7 Å². The lowest BCUT2D eigenvalue weighted by atomic mass is 10.1.